The smallest absolute Gasteiger partial charge is 0.145 e. The summed E-state index contributed by atoms with van der Waals surface area (Å²) in [6.07, 6.45) is 3.13. The molecule has 24 heavy (non-hydrogen) atoms. The molecule has 0 unspecified atom stereocenters. The topological polar surface area (TPSA) is 69.0 Å². The van der Waals surface area contributed by atoms with E-state index in [4.69, 9.17) is 0 Å². The first-order valence-corrected chi connectivity index (χ1v) is 8.17. The molecule has 0 spiro atoms. The maximum Gasteiger partial charge on any atom is 0.145 e. The van der Waals surface area contributed by atoms with E-state index in [-0.39, 0.29) is 12.4 Å². The molecule has 0 bridgehead atoms. The molecule has 0 amide bonds. The summed E-state index contributed by atoms with van der Waals surface area (Å²) in [5.74, 6) is 0.0545. The summed E-state index contributed by atoms with van der Waals surface area (Å²) in [4.78, 5) is 10.8. The summed E-state index contributed by atoms with van der Waals surface area (Å²) in [5.41, 5.74) is 3.52. The quantitative estimate of drug-likeness (QED) is 0.796. The van der Waals surface area contributed by atoms with E-state index < -0.39 is 0 Å². The Kier molecular flexibility index (Phi) is 5.93. The Morgan fingerprint density at radius 3 is 2.46 bits per heavy atom. The lowest BCUT2D eigenvalue weighted by Gasteiger charge is -2.27. The molecule has 0 aliphatic heterocycles. The molecule has 0 fully saturated rings. The number of hydrogen-bond donors (Lipinski definition) is 2. The van der Waals surface area contributed by atoms with Crippen molar-refractivity contribution in [1.29, 1.82) is 0 Å². The maximum atomic E-state index is 10.1. The van der Waals surface area contributed by atoms with Crippen molar-refractivity contribution >= 4 is 17.6 Å². The molecule has 5 heteroatoms. The van der Waals surface area contributed by atoms with Gasteiger partial charge in [-0.05, 0) is 52.0 Å². The number of aliphatic imine (C=N–C) groups is 1. The molecule has 1 aromatic carbocycles. The van der Waals surface area contributed by atoms with E-state index in [1.54, 1.807) is 19.3 Å². The molecule has 2 rings (SSSR count). The predicted molar refractivity (Wildman–Crippen MR) is 98.4 cm³/mol. The molecule has 2 aromatic rings. The predicted octanol–water partition coefficient (Wildman–Crippen LogP) is 3.57. The van der Waals surface area contributed by atoms with Gasteiger partial charge in [0.1, 0.15) is 5.75 Å². The van der Waals surface area contributed by atoms with Crippen LogP contribution in [0.25, 0.3) is 0 Å². The first-order valence-electron chi connectivity index (χ1n) is 8.17. The Bertz CT molecular complexity index is 709. The number of aliphatic hydroxyl groups is 1. The molecule has 1 heterocycles. The van der Waals surface area contributed by atoms with Gasteiger partial charge in [0.2, 0.25) is 0 Å². The highest BCUT2D eigenvalue weighted by atomic mass is 16.3. The normalized spacial score (nSPS) is 11.4. The zero-order valence-electron chi connectivity index (χ0n) is 14.7. The van der Waals surface area contributed by atoms with Gasteiger partial charge in [0.15, 0.2) is 0 Å². The van der Waals surface area contributed by atoms with E-state index in [1.807, 2.05) is 24.3 Å². The van der Waals surface area contributed by atoms with Crippen LogP contribution < -0.4 is 4.90 Å². The number of aromatic hydroxyl groups is 1. The van der Waals surface area contributed by atoms with Gasteiger partial charge in [-0.25, -0.2) is 0 Å². The van der Waals surface area contributed by atoms with Crippen molar-refractivity contribution < 1.29 is 10.2 Å². The average molecular weight is 327 g/mol. The first-order chi connectivity index (χ1) is 11.5. The third kappa shape index (κ3) is 3.92. The fraction of sp³-hybridized carbons (Fsp3) is 0.368. The number of aliphatic hydroxyl groups excluding tert-OH is 1. The van der Waals surface area contributed by atoms with Gasteiger partial charge in [0, 0.05) is 41.8 Å². The van der Waals surface area contributed by atoms with E-state index in [2.05, 4.69) is 35.6 Å². The molecule has 0 aliphatic carbocycles. The largest absolute Gasteiger partial charge is 0.505 e. The Morgan fingerprint density at radius 1 is 1.25 bits per heavy atom. The number of nitrogens with zero attached hydrogens (tertiary/aromatic N) is 3. The number of aromatic nitrogens is 1. The minimum Gasteiger partial charge on any atom is -0.505 e. The number of anilines is 1. The molecular formula is C19H25N3O2. The minimum absolute atomic E-state index is 0.0545. The molecule has 2 N–H and O–H groups in total. The number of benzene rings is 1. The third-order valence-electron chi connectivity index (χ3n) is 4.02. The summed E-state index contributed by atoms with van der Waals surface area (Å²) in [7, 11) is 0. The van der Waals surface area contributed by atoms with E-state index >= 15 is 0 Å². The Morgan fingerprint density at radius 2 is 1.92 bits per heavy atom. The van der Waals surface area contributed by atoms with Crippen LogP contribution in [0, 0.1) is 6.92 Å². The van der Waals surface area contributed by atoms with Gasteiger partial charge < -0.3 is 15.1 Å². The number of aryl methyl sites for hydroxylation is 1. The van der Waals surface area contributed by atoms with Crippen molar-refractivity contribution in [2.75, 3.05) is 11.4 Å². The number of hydrogen-bond acceptors (Lipinski definition) is 5. The van der Waals surface area contributed by atoms with E-state index in [0.29, 0.717) is 22.9 Å². The maximum absolute atomic E-state index is 10.1. The molecule has 0 atom stereocenters. The Balaban J connectivity index is 2.26. The van der Waals surface area contributed by atoms with Crippen LogP contribution in [0.1, 0.15) is 37.6 Å². The highest BCUT2D eigenvalue weighted by Gasteiger charge is 2.10. The van der Waals surface area contributed by atoms with E-state index in [9.17, 15) is 10.2 Å². The van der Waals surface area contributed by atoms with Gasteiger partial charge >= 0.3 is 0 Å². The van der Waals surface area contributed by atoms with Crippen LogP contribution in [0.2, 0.25) is 0 Å². The summed E-state index contributed by atoms with van der Waals surface area (Å²) < 4.78 is 0. The van der Waals surface area contributed by atoms with Crippen LogP contribution in [-0.2, 0) is 6.61 Å². The van der Waals surface area contributed by atoms with Crippen LogP contribution in [0.5, 0.6) is 5.75 Å². The van der Waals surface area contributed by atoms with Crippen molar-refractivity contribution in [3.63, 3.8) is 0 Å². The minimum atomic E-state index is -0.193. The molecule has 5 nitrogen and oxygen atoms in total. The van der Waals surface area contributed by atoms with Crippen molar-refractivity contribution in [2.24, 2.45) is 4.99 Å². The Hall–Kier alpha value is -2.40. The lowest BCUT2D eigenvalue weighted by molar-refractivity contribution is 0.280. The second kappa shape index (κ2) is 7.93. The van der Waals surface area contributed by atoms with Crippen LogP contribution in [-0.4, -0.2) is 34.0 Å². The van der Waals surface area contributed by atoms with Crippen LogP contribution in [0.3, 0.4) is 0 Å². The lowest BCUT2D eigenvalue weighted by atomic mass is 10.1. The molecular weight excluding hydrogens is 302 g/mol. The van der Waals surface area contributed by atoms with Gasteiger partial charge in [-0.1, -0.05) is 0 Å². The summed E-state index contributed by atoms with van der Waals surface area (Å²) in [6, 6.07) is 8.41. The molecule has 128 valence electrons. The van der Waals surface area contributed by atoms with Crippen molar-refractivity contribution in [3.05, 3.63) is 47.3 Å². The van der Waals surface area contributed by atoms with Gasteiger partial charge in [0.05, 0.1) is 18.0 Å². The van der Waals surface area contributed by atoms with Crippen LogP contribution >= 0.6 is 0 Å². The van der Waals surface area contributed by atoms with Crippen LogP contribution in [0.4, 0.5) is 11.4 Å². The zero-order chi connectivity index (χ0) is 17.7. The summed E-state index contributed by atoms with van der Waals surface area (Å²) in [6.45, 7) is 8.94. The van der Waals surface area contributed by atoms with Gasteiger partial charge in [0.25, 0.3) is 0 Å². The Labute approximate surface area is 143 Å². The fourth-order valence-electron chi connectivity index (χ4n) is 2.64. The number of pyridine rings is 1. The molecule has 0 saturated heterocycles. The van der Waals surface area contributed by atoms with Crippen molar-refractivity contribution in [3.8, 4) is 5.75 Å². The van der Waals surface area contributed by atoms with Gasteiger partial charge in [-0.15, -0.1) is 0 Å². The highest BCUT2D eigenvalue weighted by molar-refractivity contribution is 5.87. The second-order valence-corrected chi connectivity index (χ2v) is 5.94. The summed E-state index contributed by atoms with van der Waals surface area (Å²) >= 11 is 0. The zero-order valence-corrected chi connectivity index (χ0v) is 14.7. The fourth-order valence-corrected chi connectivity index (χ4v) is 2.64. The lowest BCUT2D eigenvalue weighted by Crippen LogP contribution is -2.30. The molecule has 0 aliphatic rings. The third-order valence-corrected chi connectivity index (χ3v) is 4.02. The van der Waals surface area contributed by atoms with Crippen molar-refractivity contribution in [2.45, 2.75) is 40.3 Å². The van der Waals surface area contributed by atoms with Gasteiger partial charge in [-0.3, -0.25) is 9.98 Å². The average Bonchev–Trinajstić information content (AvgIpc) is 2.57. The highest BCUT2D eigenvalue weighted by Crippen LogP contribution is 2.24. The SMILES string of the molecule is CCN(c1ccc(N=Cc2c(CO)cnc(C)c2O)cc1)C(C)C. The monoisotopic (exact) mass is 327 g/mol. The standard InChI is InChI=1S/C19H25N3O2/c1-5-22(13(2)3)17-8-6-16(7-9-17)21-11-18-15(12-23)10-20-14(4)19(18)24/h6-11,13,23-24H,5,12H2,1-4H3. The van der Waals surface area contributed by atoms with Gasteiger partial charge in [-0.2, -0.15) is 0 Å². The van der Waals surface area contributed by atoms with Crippen LogP contribution in [0.15, 0.2) is 35.5 Å². The van der Waals surface area contributed by atoms with E-state index in [0.717, 1.165) is 17.9 Å². The van der Waals surface area contributed by atoms with Crippen molar-refractivity contribution in [1.82, 2.24) is 4.98 Å². The second-order valence-electron chi connectivity index (χ2n) is 5.94. The molecule has 0 saturated carbocycles. The molecule has 1 aromatic heterocycles. The summed E-state index contributed by atoms with van der Waals surface area (Å²) in [5, 5.41) is 19.5. The molecule has 0 radical (unpaired) electrons. The first kappa shape index (κ1) is 17.9. The van der Waals surface area contributed by atoms with E-state index in [1.165, 1.54) is 0 Å². The number of rotatable bonds is 6.